The third kappa shape index (κ3) is 6.15. The van der Waals surface area contributed by atoms with Crippen LogP contribution in [-0.2, 0) is 22.6 Å². The largest absolute Gasteiger partial charge is 0.487 e. The van der Waals surface area contributed by atoms with Gasteiger partial charge in [-0.25, -0.2) is 13.1 Å². The van der Waals surface area contributed by atoms with Gasteiger partial charge in [0.25, 0.3) is 5.69 Å². The fraction of sp³-hybridized carbons (Fsp3) is 0.107. The summed E-state index contributed by atoms with van der Waals surface area (Å²) in [5.74, 6) is 0.227. The summed E-state index contributed by atoms with van der Waals surface area (Å²) >= 11 is 1.21. The van der Waals surface area contributed by atoms with Crippen LogP contribution in [0.25, 0.3) is 27.4 Å². The van der Waals surface area contributed by atoms with Crippen LogP contribution in [0, 0.1) is 10.1 Å². The van der Waals surface area contributed by atoms with Crippen LogP contribution in [0.4, 0.5) is 18.9 Å². The fourth-order valence-electron chi connectivity index (χ4n) is 4.07. The van der Waals surface area contributed by atoms with E-state index in [0.29, 0.717) is 21.6 Å². The Morgan fingerprint density at radius 2 is 1.71 bits per heavy atom. The van der Waals surface area contributed by atoms with E-state index in [2.05, 4.69) is 5.10 Å². The summed E-state index contributed by atoms with van der Waals surface area (Å²) < 4.78 is 72.0. The molecule has 0 spiro atoms. The van der Waals surface area contributed by atoms with E-state index in [1.165, 1.54) is 41.7 Å². The third-order valence-corrected chi connectivity index (χ3v) is 8.16. The summed E-state index contributed by atoms with van der Waals surface area (Å²) in [5, 5.41) is 16.7. The van der Waals surface area contributed by atoms with Crippen LogP contribution in [0.5, 0.6) is 5.75 Å². The average Bonchev–Trinajstić information content (AvgIpc) is 3.60. The molecule has 0 aliphatic rings. The van der Waals surface area contributed by atoms with Crippen molar-refractivity contribution in [2.45, 2.75) is 17.7 Å². The molecular weight excluding hydrogens is 579 g/mol. The van der Waals surface area contributed by atoms with Crippen molar-refractivity contribution in [1.82, 2.24) is 9.78 Å². The second-order valence-electron chi connectivity index (χ2n) is 9.00. The van der Waals surface area contributed by atoms with Crippen molar-refractivity contribution >= 4 is 26.9 Å². The molecule has 5 aromatic rings. The number of sulfone groups is 1. The molecule has 2 aromatic heterocycles. The van der Waals surface area contributed by atoms with E-state index in [9.17, 15) is 31.7 Å². The maximum Gasteiger partial charge on any atom is 0.435 e. The number of hydrogen-bond donors (Lipinski definition) is 0. The van der Waals surface area contributed by atoms with Crippen molar-refractivity contribution in [3.05, 3.63) is 112 Å². The van der Waals surface area contributed by atoms with Crippen molar-refractivity contribution < 1.29 is 31.2 Å². The van der Waals surface area contributed by atoms with E-state index < -0.39 is 26.6 Å². The molecule has 0 radical (unpaired) electrons. The molecule has 3 aromatic carbocycles. The molecule has 41 heavy (non-hydrogen) atoms. The number of para-hydroxylation sites is 2. The van der Waals surface area contributed by atoms with E-state index in [-0.39, 0.29) is 34.3 Å². The minimum atomic E-state index is -4.71. The number of nitro benzene ring substituents is 1. The van der Waals surface area contributed by atoms with Gasteiger partial charge in [-0.15, -0.1) is 11.3 Å². The zero-order valence-corrected chi connectivity index (χ0v) is 22.8. The quantitative estimate of drug-likeness (QED) is 0.138. The first-order chi connectivity index (χ1) is 19.4. The second kappa shape index (κ2) is 10.8. The standard InChI is InChI=1S/C28H20F3N3O5S2/c1-41(37,38)22-11-9-19(10-12-22)20-14-26(40-17-20)24-15-27(28(29,30)31)32-33(24)23-7-2-3-8-25(23)39-16-18-5-4-6-21(13-18)34(35)36/h2-15,17H,16H2,1H3. The normalized spacial score (nSPS) is 11.9. The second-order valence-corrected chi connectivity index (χ2v) is 11.9. The highest BCUT2D eigenvalue weighted by molar-refractivity contribution is 7.90. The summed E-state index contributed by atoms with van der Waals surface area (Å²) in [4.78, 5) is 11.2. The zero-order valence-electron chi connectivity index (χ0n) is 21.2. The summed E-state index contributed by atoms with van der Waals surface area (Å²) in [6.07, 6.45) is -3.60. The number of aromatic nitrogens is 2. The lowest BCUT2D eigenvalue weighted by molar-refractivity contribution is -0.384. The van der Waals surface area contributed by atoms with Crippen LogP contribution in [0.1, 0.15) is 11.3 Å². The Morgan fingerprint density at radius 1 is 0.976 bits per heavy atom. The van der Waals surface area contributed by atoms with Crippen molar-refractivity contribution in [2.75, 3.05) is 6.26 Å². The van der Waals surface area contributed by atoms with Crippen LogP contribution >= 0.6 is 11.3 Å². The highest BCUT2D eigenvalue weighted by Crippen LogP contribution is 2.39. The first-order valence-electron chi connectivity index (χ1n) is 11.9. The zero-order chi connectivity index (χ0) is 29.4. The van der Waals surface area contributed by atoms with Crippen molar-refractivity contribution in [3.8, 4) is 33.1 Å². The number of hydrogen-bond acceptors (Lipinski definition) is 7. The molecular formula is C28H20F3N3O5S2. The Balaban J connectivity index is 1.52. The van der Waals surface area contributed by atoms with E-state index in [1.807, 2.05) is 0 Å². The Hall–Kier alpha value is -4.49. The maximum absolute atomic E-state index is 13.8. The number of nitrogens with zero attached hydrogens (tertiary/aromatic N) is 3. The number of alkyl halides is 3. The molecule has 8 nitrogen and oxygen atoms in total. The molecule has 5 rings (SSSR count). The summed E-state index contributed by atoms with van der Waals surface area (Å²) in [6.45, 7) is -0.0615. The molecule has 0 aliphatic carbocycles. The number of non-ortho nitro benzene ring substituents is 1. The predicted molar refractivity (Wildman–Crippen MR) is 148 cm³/mol. The number of rotatable bonds is 8. The lowest BCUT2D eigenvalue weighted by atomic mass is 10.1. The highest BCUT2D eigenvalue weighted by Gasteiger charge is 2.36. The van der Waals surface area contributed by atoms with Crippen LogP contribution in [-0.4, -0.2) is 29.4 Å². The van der Waals surface area contributed by atoms with Crippen molar-refractivity contribution in [1.29, 1.82) is 0 Å². The number of halogens is 3. The van der Waals surface area contributed by atoms with E-state index >= 15 is 0 Å². The van der Waals surface area contributed by atoms with Gasteiger partial charge in [-0.1, -0.05) is 36.4 Å². The van der Waals surface area contributed by atoms with Gasteiger partial charge >= 0.3 is 6.18 Å². The van der Waals surface area contributed by atoms with Gasteiger partial charge in [0.15, 0.2) is 15.5 Å². The maximum atomic E-state index is 13.8. The predicted octanol–water partition coefficient (Wildman–Crippen LogP) is 7.18. The molecule has 0 amide bonds. The lowest BCUT2D eigenvalue weighted by Crippen LogP contribution is -2.08. The average molecular weight is 600 g/mol. The molecule has 0 bridgehead atoms. The number of nitro groups is 1. The first kappa shape index (κ1) is 28.1. The van der Waals surface area contributed by atoms with E-state index in [0.717, 1.165) is 17.0 Å². The van der Waals surface area contributed by atoms with Gasteiger partial charge in [0.1, 0.15) is 18.0 Å². The molecule has 0 atom stereocenters. The van der Waals surface area contributed by atoms with Gasteiger partial charge in [-0.2, -0.15) is 18.3 Å². The Labute approximate surface area is 236 Å². The molecule has 210 valence electrons. The van der Waals surface area contributed by atoms with Gasteiger partial charge < -0.3 is 4.74 Å². The molecule has 0 N–H and O–H groups in total. The molecule has 0 saturated heterocycles. The Kier molecular flexibility index (Phi) is 7.41. The molecule has 13 heteroatoms. The summed E-state index contributed by atoms with van der Waals surface area (Å²) in [5.41, 5.74) is 1.12. The number of thiophene rings is 1. The number of ether oxygens (including phenoxy) is 1. The minimum Gasteiger partial charge on any atom is -0.487 e. The number of benzene rings is 3. The SMILES string of the molecule is CS(=O)(=O)c1ccc(-c2csc(-c3cc(C(F)(F)F)nn3-c3ccccc3OCc3cccc([N+](=O)[O-])c3)c2)cc1. The third-order valence-electron chi connectivity index (χ3n) is 6.08. The van der Waals surface area contributed by atoms with Gasteiger partial charge in [0, 0.05) is 18.4 Å². The van der Waals surface area contributed by atoms with Gasteiger partial charge in [0.05, 0.1) is 20.4 Å². The van der Waals surface area contributed by atoms with Gasteiger partial charge in [-0.05, 0) is 58.5 Å². The summed E-state index contributed by atoms with van der Waals surface area (Å²) in [6, 6.07) is 21.2. The monoisotopic (exact) mass is 599 g/mol. The van der Waals surface area contributed by atoms with Crippen molar-refractivity contribution in [3.63, 3.8) is 0 Å². The fourth-order valence-corrected chi connectivity index (χ4v) is 5.62. The van der Waals surface area contributed by atoms with Crippen LogP contribution in [0.2, 0.25) is 0 Å². The van der Waals surface area contributed by atoms with Crippen LogP contribution < -0.4 is 4.74 Å². The molecule has 0 saturated carbocycles. The molecule has 0 aliphatic heterocycles. The molecule has 0 fully saturated rings. The Morgan fingerprint density at radius 3 is 2.39 bits per heavy atom. The molecule has 2 heterocycles. The van der Waals surface area contributed by atoms with E-state index in [4.69, 9.17) is 4.74 Å². The Bertz CT molecular complexity index is 1850. The van der Waals surface area contributed by atoms with Crippen molar-refractivity contribution in [2.24, 2.45) is 0 Å². The van der Waals surface area contributed by atoms with Gasteiger partial charge in [-0.3, -0.25) is 10.1 Å². The first-order valence-corrected chi connectivity index (χ1v) is 14.7. The topological polar surface area (TPSA) is 104 Å². The smallest absolute Gasteiger partial charge is 0.435 e. The molecule has 0 unspecified atom stereocenters. The summed E-state index contributed by atoms with van der Waals surface area (Å²) in [7, 11) is -3.38. The van der Waals surface area contributed by atoms with Crippen LogP contribution in [0.15, 0.2) is 95.2 Å². The minimum absolute atomic E-state index is 0.0615. The van der Waals surface area contributed by atoms with Gasteiger partial charge in [0.2, 0.25) is 0 Å². The highest BCUT2D eigenvalue weighted by atomic mass is 32.2. The van der Waals surface area contributed by atoms with E-state index in [1.54, 1.807) is 53.9 Å². The lowest BCUT2D eigenvalue weighted by Gasteiger charge is -2.13. The van der Waals surface area contributed by atoms with Crippen LogP contribution in [0.3, 0.4) is 0 Å².